The summed E-state index contributed by atoms with van der Waals surface area (Å²) in [6.07, 6.45) is 2.75. The van der Waals surface area contributed by atoms with E-state index in [9.17, 15) is 13.2 Å². The van der Waals surface area contributed by atoms with E-state index in [2.05, 4.69) is 9.71 Å². The van der Waals surface area contributed by atoms with Crippen LogP contribution in [0, 0.1) is 5.41 Å². The zero-order chi connectivity index (χ0) is 16.3. The summed E-state index contributed by atoms with van der Waals surface area (Å²) in [6, 6.07) is 0. The molecule has 22 heavy (non-hydrogen) atoms. The Hall–Kier alpha value is -1.16. The van der Waals surface area contributed by atoms with Gasteiger partial charge in [0.2, 0.25) is 5.91 Å². The van der Waals surface area contributed by atoms with Crippen molar-refractivity contribution in [3.63, 3.8) is 0 Å². The maximum absolute atomic E-state index is 12.0. The van der Waals surface area contributed by atoms with Gasteiger partial charge in [-0.25, -0.2) is 18.1 Å². The van der Waals surface area contributed by atoms with Crippen LogP contribution in [0.15, 0.2) is 17.6 Å². The molecule has 0 fully saturated rings. The smallest absolute Gasteiger partial charge is 0.260 e. The normalized spacial score (nSPS) is 11.9. The lowest BCUT2D eigenvalue weighted by atomic mass is 9.93. The SMILES string of the molecule is CN(CC(C)(C)CN)C(=O)CNS(=O)(=O)c1cn(C)cn1.Cl. The minimum absolute atomic E-state index is 0. The van der Waals surface area contributed by atoms with Crippen LogP contribution in [0.2, 0.25) is 0 Å². The summed E-state index contributed by atoms with van der Waals surface area (Å²) in [4.78, 5) is 17.2. The highest BCUT2D eigenvalue weighted by molar-refractivity contribution is 7.89. The van der Waals surface area contributed by atoms with Gasteiger partial charge in [-0.3, -0.25) is 4.79 Å². The van der Waals surface area contributed by atoms with Crippen LogP contribution in [0.3, 0.4) is 0 Å². The molecule has 0 saturated heterocycles. The number of amides is 1. The lowest BCUT2D eigenvalue weighted by Crippen LogP contribution is -2.44. The Balaban J connectivity index is 0.00000441. The molecule has 0 saturated carbocycles. The van der Waals surface area contributed by atoms with Crippen LogP contribution >= 0.6 is 12.4 Å². The van der Waals surface area contributed by atoms with Crippen molar-refractivity contribution in [2.45, 2.75) is 18.9 Å². The number of hydrogen-bond acceptors (Lipinski definition) is 5. The molecule has 1 aromatic rings. The Morgan fingerprint density at radius 2 is 2.09 bits per heavy atom. The monoisotopic (exact) mass is 353 g/mol. The predicted octanol–water partition coefficient (Wildman–Crippen LogP) is -0.436. The Morgan fingerprint density at radius 1 is 1.50 bits per heavy atom. The Morgan fingerprint density at radius 3 is 2.55 bits per heavy atom. The van der Waals surface area contributed by atoms with E-state index in [1.807, 2.05) is 13.8 Å². The maximum Gasteiger partial charge on any atom is 0.260 e. The lowest BCUT2D eigenvalue weighted by Gasteiger charge is -2.29. The Labute approximate surface area is 137 Å². The van der Waals surface area contributed by atoms with Crippen LogP contribution in [0.25, 0.3) is 0 Å². The number of halogens is 1. The summed E-state index contributed by atoms with van der Waals surface area (Å²) in [5.74, 6) is -0.323. The van der Waals surface area contributed by atoms with Gasteiger partial charge in [0.05, 0.1) is 12.9 Å². The third kappa shape index (κ3) is 5.91. The largest absolute Gasteiger partial charge is 0.344 e. The van der Waals surface area contributed by atoms with Crippen LogP contribution in [-0.4, -0.2) is 55.5 Å². The first-order valence-corrected chi connectivity index (χ1v) is 7.97. The summed E-state index contributed by atoms with van der Waals surface area (Å²) in [5.41, 5.74) is 5.40. The number of aryl methyl sites for hydroxylation is 1. The third-order valence-corrected chi connectivity index (χ3v) is 4.30. The Kier molecular flexibility index (Phi) is 7.49. The summed E-state index contributed by atoms with van der Waals surface area (Å²) in [7, 11) is -0.485. The third-order valence-electron chi connectivity index (χ3n) is 3.01. The minimum atomic E-state index is -3.77. The molecule has 0 atom stereocenters. The van der Waals surface area contributed by atoms with Gasteiger partial charge in [0.15, 0.2) is 5.03 Å². The molecule has 0 aliphatic rings. The molecule has 1 amide bonds. The molecule has 10 heteroatoms. The van der Waals surface area contributed by atoms with E-state index < -0.39 is 10.0 Å². The van der Waals surface area contributed by atoms with Crippen molar-refractivity contribution in [2.75, 3.05) is 26.7 Å². The molecule has 8 nitrogen and oxygen atoms in total. The molecule has 0 bridgehead atoms. The summed E-state index contributed by atoms with van der Waals surface area (Å²) in [5, 5.41) is -0.109. The van der Waals surface area contributed by atoms with Gasteiger partial charge in [-0.1, -0.05) is 13.8 Å². The van der Waals surface area contributed by atoms with E-state index in [1.165, 1.54) is 22.0 Å². The standard InChI is InChI=1S/C12H23N5O3S.ClH/c1-12(2,7-13)8-17(4)11(18)5-15-21(19,20)10-6-16(3)9-14-10;/h6,9,15H,5,7-8,13H2,1-4H3;1H. The molecular weight excluding hydrogens is 330 g/mol. The maximum atomic E-state index is 12.0. The van der Waals surface area contributed by atoms with Crippen molar-refractivity contribution in [1.29, 1.82) is 0 Å². The average Bonchev–Trinajstić information content (AvgIpc) is 2.83. The number of nitrogens with one attached hydrogen (secondary N) is 1. The van der Waals surface area contributed by atoms with E-state index in [0.717, 1.165) is 0 Å². The molecule has 0 unspecified atom stereocenters. The molecular formula is C12H24ClN5O3S. The van der Waals surface area contributed by atoms with Crippen molar-refractivity contribution in [2.24, 2.45) is 18.2 Å². The van der Waals surface area contributed by atoms with Crippen LogP contribution < -0.4 is 10.5 Å². The number of likely N-dealkylation sites (N-methyl/N-ethyl adjacent to an activating group) is 1. The topological polar surface area (TPSA) is 110 Å². The summed E-state index contributed by atoms with van der Waals surface area (Å²) in [6.45, 7) is 4.46. The van der Waals surface area contributed by atoms with E-state index in [0.29, 0.717) is 13.1 Å². The van der Waals surface area contributed by atoms with Crippen LogP contribution in [0.1, 0.15) is 13.8 Å². The highest BCUT2D eigenvalue weighted by atomic mass is 35.5. The second-order valence-corrected chi connectivity index (χ2v) is 7.53. The minimum Gasteiger partial charge on any atom is -0.344 e. The predicted molar refractivity (Wildman–Crippen MR) is 86.1 cm³/mol. The number of carbonyl (C=O) groups is 1. The van der Waals surface area contributed by atoms with Gasteiger partial charge in [0.1, 0.15) is 0 Å². The quantitative estimate of drug-likeness (QED) is 0.690. The van der Waals surface area contributed by atoms with E-state index in [-0.39, 0.29) is 35.3 Å². The molecule has 0 aliphatic carbocycles. The molecule has 1 rings (SSSR count). The van der Waals surface area contributed by atoms with E-state index in [1.54, 1.807) is 14.1 Å². The number of imidazole rings is 1. The van der Waals surface area contributed by atoms with Crippen molar-refractivity contribution in [1.82, 2.24) is 19.2 Å². The zero-order valence-electron chi connectivity index (χ0n) is 13.2. The molecule has 0 aromatic carbocycles. The van der Waals surface area contributed by atoms with Crippen molar-refractivity contribution in [3.05, 3.63) is 12.5 Å². The number of nitrogens with two attached hydrogens (primary N) is 1. The van der Waals surface area contributed by atoms with Gasteiger partial charge in [0.25, 0.3) is 10.0 Å². The first kappa shape index (κ1) is 20.8. The highest BCUT2D eigenvalue weighted by Crippen LogP contribution is 2.13. The second kappa shape index (κ2) is 7.91. The molecule has 1 heterocycles. The van der Waals surface area contributed by atoms with Gasteiger partial charge >= 0.3 is 0 Å². The van der Waals surface area contributed by atoms with Crippen molar-refractivity contribution >= 4 is 28.3 Å². The van der Waals surface area contributed by atoms with Gasteiger partial charge in [-0.05, 0) is 12.0 Å². The number of carbonyl (C=O) groups excluding carboxylic acids is 1. The molecule has 3 N–H and O–H groups in total. The zero-order valence-corrected chi connectivity index (χ0v) is 14.9. The first-order chi connectivity index (χ1) is 9.57. The van der Waals surface area contributed by atoms with Crippen LogP contribution in [0.4, 0.5) is 0 Å². The van der Waals surface area contributed by atoms with E-state index >= 15 is 0 Å². The highest BCUT2D eigenvalue weighted by Gasteiger charge is 2.23. The Bertz CT molecular complexity index is 600. The summed E-state index contributed by atoms with van der Waals surface area (Å²) < 4.78 is 27.6. The van der Waals surface area contributed by atoms with Crippen molar-refractivity contribution < 1.29 is 13.2 Å². The molecule has 1 aromatic heterocycles. The number of sulfonamides is 1. The first-order valence-electron chi connectivity index (χ1n) is 6.49. The number of aromatic nitrogens is 2. The van der Waals surface area contributed by atoms with Gasteiger partial charge in [0, 0.05) is 26.8 Å². The van der Waals surface area contributed by atoms with Gasteiger partial charge in [-0.15, -0.1) is 12.4 Å². The fraction of sp³-hybridized carbons (Fsp3) is 0.667. The van der Waals surface area contributed by atoms with Gasteiger partial charge < -0.3 is 15.2 Å². The van der Waals surface area contributed by atoms with E-state index in [4.69, 9.17) is 5.73 Å². The fourth-order valence-corrected chi connectivity index (χ4v) is 2.64. The second-order valence-electron chi connectivity index (χ2n) is 5.82. The molecule has 0 aliphatic heterocycles. The number of rotatable bonds is 7. The van der Waals surface area contributed by atoms with Crippen LogP contribution in [0.5, 0.6) is 0 Å². The molecule has 128 valence electrons. The molecule has 0 radical (unpaired) electrons. The van der Waals surface area contributed by atoms with Crippen LogP contribution in [-0.2, 0) is 21.9 Å². The number of nitrogens with zero attached hydrogens (tertiary/aromatic N) is 3. The number of hydrogen-bond donors (Lipinski definition) is 2. The lowest BCUT2D eigenvalue weighted by molar-refractivity contribution is -0.129. The summed E-state index contributed by atoms with van der Waals surface area (Å²) >= 11 is 0. The fourth-order valence-electron chi connectivity index (χ4n) is 1.69. The van der Waals surface area contributed by atoms with Gasteiger partial charge in [-0.2, -0.15) is 0 Å². The van der Waals surface area contributed by atoms with Crippen molar-refractivity contribution in [3.8, 4) is 0 Å². The average molecular weight is 354 g/mol. The molecule has 0 spiro atoms.